The Kier molecular flexibility index (Phi) is 7.68. The molecule has 8 nitrogen and oxygen atoms in total. The Bertz CT molecular complexity index is 961. The van der Waals surface area contributed by atoms with Gasteiger partial charge in [-0.15, -0.1) is 0 Å². The summed E-state index contributed by atoms with van der Waals surface area (Å²) in [4.78, 5) is 28.2. The van der Waals surface area contributed by atoms with Crippen molar-refractivity contribution in [3.63, 3.8) is 0 Å². The minimum Gasteiger partial charge on any atom is -0.530 e. The summed E-state index contributed by atoms with van der Waals surface area (Å²) in [6.07, 6.45) is -1.36. The molecule has 0 bridgehead atoms. The van der Waals surface area contributed by atoms with E-state index in [0.717, 1.165) is 28.3 Å². The third-order valence-electron chi connectivity index (χ3n) is 5.79. The Morgan fingerprint density at radius 1 is 1.06 bits per heavy atom. The lowest BCUT2D eigenvalue weighted by atomic mass is 10.0. The number of nitrogens with zero attached hydrogens (tertiary/aromatic N) is 4. The smallest absolute Gasteiger partial charge is 0.245 e. The molecular formula is C24H27N4O4-. The molecule has 0 saturated carbocycles. The van der Waals surface area contributed by atoms with E-state index in [1.54, 1.807) is 24.0 Å². The lowest BCUT2D eigenvalue weighted by Gasteiger charge is -2.37. The Hall–Kier alpha value is -3.57. The number of rotatable bonds is 7. The van der Waals surface area contributed by atoms with Gasteiger partial charge in [0.15, 0.2) is 0 Å². The van der Waals surface area contributed by atoms with Gasteiger partial charge < -0.3 is 24.4 Å². The van der Waals surface area contributed by atoms with E-state index >= 15 is 0 Å². The maximum atomic E-state index is 12.4. The summed E-state index contributed by atoms with van der Waals surface area (Å²) in [5, 5.41) is 19.8. The first-order chi connectivity index (χ1) is 15.4. The second-order valence-electron chi connectivity index (χ2n) is 7.78. The van der Waals surface area contributed by atoms with E-state index in [1.165, 1.54) is 7.05 Å². The molecule has 8 heteroatoms. The van der Waals surface area contributed by atoms with E-state index in [0.29, 0.717) is 38.3 Å². The number of carbonyl (C=O) groups is 2. The molecule has 0 aliphatic carbocycles. The van der Waals surface area contributed by atoms with Crippen molar-refractivity contribution >= 4 is 12.0 Å². The van der Waals surface area contributed by atoms with E-state index in [-0.39, 0.29) is 5.91 Å². The number of ether oxygens (including phenoxy) is 1. The predicted octanol–water partition coefficient (Wildman–Crippen LogP) is 1.41. The Morgan fingerprint density at radius 2 is 1.62 bits per heavy atom. The van der Waals surface area contributed by atoms with Crippen LogP contribution in [0.15, 0.2) is 48.5 Å². The Balaban J connectivity index is 1.41. The number of amides is 2. The minimum atomic E-state index is -1.36. The predicted molar refractivity (Wildman–Crippen MR) is 118 cm³/mol. The van der Waals surface area contributed by atoms with E-state index in [4.69, 9.17) is 10.00 Å². The minimum absolute atomic E-state index is 0.199. The number of hydrogen-bond acceptors (Lipinski definition) is 6. The van der Waals surface area contributed by atoms with Gasteiger partial charge in [-0.3, -0.25) is 9.69 Å². The number of nitriles is 1. The van der Waals surface area contributed by atoms with E-state index < -0.39 is 12.1 Å². The molecule has 168 valence electrons. The summed E-state index contributed by atoms with van der Waals surface area (Å²) in [5.74, 6) is 0.588. The van der Waals surface area contributed by atoms with Gasteiger partial charge in [0.1, 0.15) is 24.5 Å². The highest BCUT2D eigenvalue weighted by molar-refractivity contribution is 5.84. The van der Waals surface area contributed by atoms with E-state index in [1.807, 2.05) is 36.4 Å². The van der Waals surface area contributed by atoms with Crippen molar-refractivity contribution in [1.82, 2.24) is 14.7 Å². The van der Waals surface area contributed by atoms with Gasteiger partial charge in [-0.25, -0.2) is 0 Å². The standard InChI is InChI=1S/C24H28N4O4/c1-18(26(2)24(30)31)23(29)28-13-11-27(12-14-28)15-16-32-22-9-7-21(8-10-22)20-5-3-19(17-25)4-6-20/h3-10,18H,11-16H2,1-2H3,(H,30,31)/p-1/t18-/m1/s1. The molecule has 3 rings (SSSR count). The van der Waals surface area contributed by atoms with Gasteiger partial charge >= 0.3 is 0 Å². The molecule has 2 aromatic carbocycles. The number of piperazine rings is 1. The lowest BCUT2D eigenvalue weighted by molar-refractivity contribution is -0.266. The van der Waals surface area contributed by atoms with Crippen LogP contribution in [0.2, 0.25) is 0 Å². The zero-order valence-electron chi connectivity index (χ0n) is 18.4. The zero-order chi connectivity index (χ0) is 23.1. The number of benzene rings is 2. The fourth-order valence-electron chi connectivity index (χ4n) is 3.55. The van der Waals surface area contributed by atoms with Crippen LogP contribution in [-0.2, 0) is 4.79 Å². The molecule has 0 N–H and O–H groups in total. The third-order valence-corrected chi connectivity index (χ3v) is 5.79. The summed E-state index contributed by atoms with van der Waals surface area (Å²) in [6, 6.07) is 16.7. The summed E-state index contributed by atoms with van der Waals surface area (Å²) < 4.78 is 5.86. The molecule has 1 saturated heterocycles. The topological polar surface area (TPSA) is 99.9 Å². The molecule has 2 aromatic rings. The van der Waals surface area contributed by atoms with Crippen LogP contribution < -0.4 is 9.84 Å². The SMILES string of the molecule is C[C@H](C(=O)N1CCN(CCOc2ccc(-c3ccc(C#N)cc3)cc2)CC1)N(C)C(=O)[O-]. The van der Waals surface area contributed by atoms with E-state index in [9.17, 15) is 14.7 Å². The molecule has 2 amide bonds. The number of carboxylic acid groups (broad SMARTS) is 1. The molecule has 1 aliphatic heterocycles. The molecule has 32 heavy (non-hydrogen) atoms. The third kappa shape index (κ3) is 5.77. The number of hydrogen-bond donors (Lipinski definition) is 0. The first-order valence-corrected chi connectivity index (χ1v) is 10.6. The lowest BCUT2D eigenvalue weighted by Crippen LogP contribution is -2.56. The van der Waals surface area contributed by atoms with Gasteiger partial charge in [0.25, 0.3) is 0 Å². The van der Waals surface area contributed by atoms with Crippen LogP contribution >= 0.6 is 0 Å². The van der Waals surface area contributed by atoms with Gasteiger partial charge in [0, 0.05) is 39.8 Å². The molecule has 0 unspecified atom stereocenters. The van der Waals surface area contributed by atoms with Crippen molar-refractivity contribution in [3.05, 3.63) is 54.1 Å². The fourth-order valence-corrected chi connectivity index (χ4v) is 3.55. The van der Waals surface area contributed by atoms with Crippen LogP contribution in [0.3, 0.4) is 0 Å². The maximum Gasteiger partial charge on any atom is 0.245 e. The summed E-state index contributed by atoms with van der Waals surface area (Å²) in [6.45, 7) is 5.41. The van der Waals surface area contributed by atoms with Crippen LogP contribution in [0.4, 0.5) is 4.79 Å². The molecule has 1 aliphatic rings. The summed E-state index contributed by atoms with van der Waals surface area (Å²) in [5.41, 5.74) is 2.74. The summed E-state index contributed by atoms with van der Waals surface area (Å²) in [7, 11) is 1.35. The largest absolute Gasteiger partial charge is 0.530 e. The number of carbonyl (C=O) groups excluding carboxylic acids is 2. The first kappa shape index (κ1) is 23.1. The number of likely N-dealkylation sites (N-methyl/N-ethyl adjacent to an activating group) is 1. The van der Waals surface area contributed by atoms with E-state index in [2.05, 4.69) is 11.0 Å². The Labute approximate surface area is 188 Å². The highest BCUT2D eigenvalue weighted by atomic mass is 16.5. The monoisotopic (exact) mass is 435 g/mol. The molecular weight excluding hydrogens is 408 g/mol. The molecule has 1 atom stereocenters. The maximum absolute atomic E-state index is 12.4. The van der Waals surface area contributed by atoms with Crippen LogP contribution in [0.1, 0.15) is 12.5 Å². The molecule has 0 spiro atoms. The molecule has 0 radical (unpaired) electrons. The van der Waals surface area contributed by atoms with Gasteiger partial charge in [-0.2, -0.15) is 5.26 Å². The van der Waals surface area contributed by atoms with Crippen molar-refractivity contribution in [2.75, 3.05) is 46.4 Å². The second kappa shape index (κ2) is 10.6. The summed E-state index contributed by atoms with van der Waals surface area (Å²) >= 11 is 0. The van der Waals surface area contributed by atoms with Crippen molar-refractivity contribution < 1.29 is 19.4 Å². The molecule has 1 heterocycles. The zero-order valence-corrected chi connectivity index (χ0v) is 18.4. The van der Waals surface area contributed by atoms with Crippen molar-refractivity contribution in [2.45, 2.75) is 13.0 Å². The molecule has 1 fully saturated rings. The highest BCUT2D eigenvalue weighted by Gasteiger charge is 2.27. The van der Waals surface area contributed by atoms with Crippen molar-refractivity contribution in [3.8, 4) is 22.9 Å². The second-order valence-corrected chi connectivity index (χ2v) is 7.78. The van der Waals surface area contributed by atoms with Crippen molar-refractivity contribution in [2.24, 2.45) is 0 Å². The van der Waals surface area contributed by atoms with Crippen LogP contribution in [0.25, 0.3) is 11.1 Å². The Morgan fingerprint density at radius 3 is 2.16 bits per heavy atom. The normalized spacial score (nSPS) is 15.0. The fraction of sp³-hybridized carbons (Fsp3) is 0.375. The van der Waals surface area contributed by atoms with Gasteiger partial charge in [0.2, 0.25) is 5.91 Å². The molecule has 0 aromatic heterocycles. The average molecular weight is 436 g/mol. The van der Waals surface area contributed by atoms with Crippen LogP contribution in [0, 0.1) is 11.3 Å². The van der Waals surface area contributed by atoms with Gasteiger partial charge in [0.05, 0.1) is 11.6 Å². The average Bonchev–Trinajstić information content (AvgIpc) is 2.83. The van der Waals surface area contributed by atoms with Crippen LogP contribution in [-0.4, -0.2) is 79.1 Å². The van der Waals surface area contributed by atoms with Gasteiger partial charge in [-0.05, 0) is 42.3 Å². The first-order valence-electron chi connectivity index (χ1n) is 10.6. The van der Waals surface area contributed by atoms with Gasteiger partial charge in [-0.1, -0.05) is 24.3 Å². The highest BCUT2D eigenvalue weighted by Crippen LogP contribution is 2.22. The quantitative estimate of drug-likeness (QED) is 0.652. The van der Waals surface area contributed by atoms with Crippen molar-refractivity contribution in [1.29, 1.82) is 5.26 Å². The van der Waals surface area contributed by atoms with Crippen LogP contribution in [0.5, 0.6) is 5.75 Å².